The zero-order valence-electron chi connectivity index (χ0n) is 10.1. The van der Waals surface area contributed by atoms with Gasteiger partial charge in [-0.2, -0.15) is 0 Å². The number of anilines is 1. The molecule has 0 unspecified atom stereocenters. The highest BCUT2D eigenvalue weighted by molar-refractivity contribution is 5.62. The van der Waals surface area contributed by atoms with Gasteiger partial charge in [-0.25, -0.2) is 24.6 Å². The van der Waals surface area contributed by atoms with Crippen molar-refractivity contribution in [1.82, 2.24) is 9.97 Å². The Hall–Kier alpha value is -2.28. The van der Waals surface area contributed by atoms with Gasteiger partial charge >= 0.3 is 0 Å². The summed E-state index contributed by atoms with van der Waals surface area (Å²) in [5, 5.41) is 0. The highest BCUT2D eigenvalue weighted by Gasteiger charge is 2.14. The molecular formula is C12H12F2N4O. The van der Waals surface area contributed by atoms with Gasteiger partial charge in [0.2, 0.25) is 5.95 Å². The topological polar surface area (TPSA) is 73.1 Å². The van der Waals surface area contributed by atoms with Gasteiger partial charge in [0.25, 0.3) is 6.43 Å². The van der Waals surface area contributed by atoms with E-state index in [0.29, 0.717) is 17.0 Å². The third kappa shape index (κ3) is 2.94. The summed E-state index contributed by atoms with van der Waals surface area (Å²) in [7, 11) is 1.52. The van der Waals surface area contributed by atoms with E-state index in [0.717, 1.165) is 0 Å². The van der Waals surface area contributed by atoms with Gasteiger partial charge in [-0.3, -0.25) is 5.43 Å². The molecule has 0 aliphatic carbocycles. The second kappa shape index (κ2) is 5.57. The Morgan fingerprint density at radius 2 is 2.05 bits per heavy atom. The van der Waals surface area contributed by atoms with E-state index in [-0.39, 0.29) is 11.6 Å². The maximum Gasteiger partial charge on any atom is 0.280 e. The van der Waals surface area contributed by atoms with E-state index in [1.165, 1.54) is 13.2 Å². The molecule has 0 fully saturated rings. The van der Waals surface area contributed by atoms with Gasteiger partial charge in [-0.1, -0.05) is 12.1 Å². The van der Waals surface area contributed by atoms with Crippen molar-refractivity contribution in [3.8, 4) is 17.0 Å². The molecule has 1 aromatic heterocycles. The standard InChI is InChI=1S/C12H12F2N4O/c1-19-8-4-2-3-7(5-8)9-6-10(11(13)14)17-12(16-9)18-15/h2-6,11H,15H2,1H3,(H,16,17,18). The van der Waals surface area contributed by atoms with E-state index in [4.69, 9.17) is 10.6 Å². The first-order valence-corrected chi connectivity index (χ1v) is 5.42. The highest BCUT2D eigenvalue weighted by Crippen LogP contribution is 2.26. The van der Waals surface area contributed by atoms with Crippen molar-refractivity contribution < 1.29 is 13.5 Å². The number of methoxy groups -OCH3 is 1. The van der Waals surface area contributed by atoms with Crippen LogP contribution >= 0.6 is 0 Å². The number of hydrazine groups is 1. The van der Waals surface area contributed by atoms with Crippen LogP contribution in [0.15, 0.2) is 30.3 Å². The number of hydrogen-bond donors (Lipinski definition) is 2. The minimum absolute atomic E-state index is 0.0596. The lowest BCUT2D eigenvalue weighted by Crippen LogP contribution is -2.12. The molecule has 0 aliphatic heterocycles. The third-order valence-electron chi connectivity index (χ3n) is 2.46. The number of alkyl halides is 2. The lowest BCUT2D eigenvalue weighted by molar-refractivity contribution is 0.146. The maximum absolute atomic E-state index is 12.7. The van der Waals surface area contributed by atoms with E-state index in [1.54, 1.807) is 24.3 Å². The molecule has 2 aromatic rings. The number of nitrogens with zero attached hydrogens (tertiary/aromatic N) is 2. The second-order valence-corrected chi connectivity index (χ2v) is 3.68. The molecule has 0 aliphatic rings. The summed E-state index contributed by atoms with van der Waals surface area (Å²) in [4.78, 5) is 7.63. The SMILES string of the molecule is COc1cccc(-c2cc(C(F)F)nc(NN)n2)c1. The smallest absolute Gasteiger partial charge is 0.280 e. The molecule has 19 heavy (non-hydrogen) atoms. The Labute approximate surface area is 108 Å². The molecule has 0 radical (unpaired) electrons. The Morgan fingerprint density at radius 1 is 1.26 bits per heavy atom. The number of hydrogen-bond acceptors (Lipinski definition) is 5. The molecule has 1 heterocycles. The molecule has 7 heteroatoms. The van der Waals surface area contributed by atoms with E-state index in [2.05, 4.69) is 15.4 Å². The minimum Gasteiger partial charge on any atom is -0.497 e. The Kier molecular flexibility index (Phi) is 3.86. The number of rotatable bonds is 4. The van der Waals surface area contributed by atoms with Crippen molar-refractivity contribution >= 4 is 5.95 Å². The average Bonchev–Trinajstić information content (AvgIpc) is 2.46. The largest absolute Gasteiger partial charge is 0.497 e. The fourth-order valence-corrected chi connectivity index (χ4v) is 1.57. The second-order valence-electron chi connectivity index (χ2n) is 3.68. The van der Waals surface area contributed by atoms with Crippen LogP contribution in [-0.2, 0) is 0 Å². The van der Waals surface area contributed by atoms with Gasteiger partial charge in [0.15, 0.2) is 0 Å². The number of nitrogens with two attached hydrogens (primary N) is 1. The van der Waals surface area contributed by atoms with Crippen LogP contribution in [0.25, 0.3) is 11.3 Å². The maximum atomic E-state index is 12.7. The monoisotopic (exact) mass is 266 g/mol. The van der Waals surface area contributed by atoms with Crippen LogP contribution in [0.5, 0.6) is 5.75 Å². The van der Waals surface area contributed by atoms with Gasteiger partial charge in [0, 0.05) is 5.56 Å². The Balaban J connectivity index is 2.50. The van der Waals surface area contributed by atoms with Crippen LogP contribution in [0.2, 0.25) is 0 Å². The number of halogens is 2. The molecule has 1 aromatic carbocycles. The van der Waals surface area contributed by atoms with Crippen LogP contribution < -0.4 is 16.0 Å². The molecule has 0 saturated heterocycles. The van der Waals surface area contributed by atoms with Crippen molar-refractivity contribution in [3.05, 3.63) is 36.0 Å². The quantitative estimate of drug-likeness (QED) is 0.656. The van der Waals surface area contributed by atoms with Crippen molar-refractivity contribution in [2.24, 2.45) is 5.84 Å². The van der Waals surface area contributed by atoms with Gasteiger partial charge in [-0.05, 0) is 18.2 Å². The molecule has 0 amide bonds. The number of ether oxygens (including phenoxy) is 1. The summed E-state index contributed by atoms with van der Waals surface area (Å²) in [6.07, 6.45) is -2.69. The van der Waals surface area contributed by atoms with Crippen molar-refractivity contribution in [2.75, 3.05) is 12.5 Å². The first kappa shape index (κ1) is 13.2. The number of benzene rings is 1. The third-order valence-corrected chi connectivity index (χ3v) is 2.46. The van der Waals surface area contributed by atoms with Gasteiger partial charge in [0.05, 0.1) is 12.8 Å². The first-order chi connectivity index (χ1) is 9.13. The lowest BCUT2D eigenvalue weighted by atomic mass is 10.1. The van der Waals surface area contributed by atoms with Crippen molar-refractivity contribution in [1.29, 1.82) is 0 Å². The van der Waals surface area contributed by atoms with Crippen LogP contribution in [0.3, 0.4) is 0 Å². The summed E-state index contributed by atoms with van der Waals surface area (Å²) in [5.74, 6) is 5.73. The molecule has 5 nitrogen and oxygen atoms in total. The zero-order valence-corrected chi connectivity index (χ0v) is 10.1. The van der Waals surface area contributed by atoms with E-state index < -0.39 is 6.43 Å². The molecule has 3 N–H and O–H groups in total. The number of nitrogen functional groups attached to an aromatic ring is 1. The van der Waals surface area contributed by atoms with Crippen LogP contribution in [0.4, 0.5) is 14.7 Å². The van der Waals surface area contributed by atoms with Gasteiger partial charge < -0.3 is 4.74 Å². The van der Waals surface area contributed by atoms with E-state index in [9.17, 15) is 8.78 Å². The minimum atomic E-state index is -2.69. The van der Waals surface area contributed by atoms with E-state index >= 15 is 0 Å². The van der Waals surface area contributed by atoms with Crippen LogP contribution in [0, 0.1) is 0 Å². The molecule has 100 valence electrons. The van der Waals surface area contributed by atoms with Crippen LogP contribution in [-0.4, -0.2) is 17.1 Å². The molecule has 0 bridgehead atoms. The summed E-state index contributed by atoms with van der Waals surface area (Å²) in [5.41, 5.74) is 2.77. The normalized spacial score (nSPS) is 10.6. The zero-order chi connectivity index (χ0) is 13.8. The summed E-state index contributed by atoms with van der Waals surface area (Å²) >= 11 is 0. The summed E-state index contributed by atoms with van der Waals surface area (Å²) in [6.45, 7) is 0. The Bertz CT molecular complexity index is 577. The van der Waals surface area contributed by atoms with E-state index in [1.807, 2.05) is 0 Å². The Morgan fingerprint density at radius 3 is 2.68 bits per heavy atom. The molecule has 2 rings (SSSR count). The number of nitrogens with one attached hydrogen (secondary N) is 1. The summed E-state index contributed by atoms with van der Waals surface area (Å²) in [6, 6.07) is 8.15. The predicted octanol–water partition coefficient (Wildman–Crippen LogP) is 2.38. The van der Waals surface area contributed by atoms with Gasteiger partial charge in [0.1, 0.15) is 11.4 Å². The molecular weight excluding hydrogens is 254 g/mol. The summed E-state index contributed by atoms with van der Waals surface area (Å²) < 4.78 is 30.6. The number of aromatic nitrogens is 2. The van der Waals surface area contributed by atoms with Gasteiger partial charge in [-0.15, -0.1) is 0 Å². The van der Waals surface area contributed by atoms with Crippen LogP contribution in [0.1, 0.15) is 12.1 Å². The molecule has 0 spiro atoms. The fraction of sp³-hybridized carbons (Fsp3) is 0.167. The molecule has 0 atom stereocenters. The molecule has 0 saturated carbocycles. The highest BCUT2D eigenvalue weighted by atomic mass is 19.3. The predicted molar refractivity (Wildman–Crippen MR) is 66.8 cm³/mol. The van der Waals surface area contributed by atoms with Crippen molar-refractivity contribution in [3.63, 3.8) is 0 Å². The average molecular weight is 266 g/mol. The van der Waals surface area contributed by atoms with Crippen molar-refractivity contribution in [2.45, 2.75) is 6.43 Å². The lowest BCUT2D eigenvalue weighted by Gasteiger charge is -2.08. The first-order valence-electron chi connectivity index (χ1n) is 5.42. The fourth-order valence-electron chi connectivity index (χ4n) is 1.57.